The largest absolute Gasteiger partial charge is 0.371 e. The molecule has 3 rings (SSSR count). The molecule has 0 radical (unpaired) electrons. The number of anilines is 1. The van der Waals surface area contributed by atoms with E-state index in [1.165, 1.54) is 0 Å². The highest BCUT2D eigenvalue weighted by atomic mass is 35.5. The fourth-order valence-electron chi connectivity index (χ4n) is 2.44. The van der Waals surface area contributed by atoms with Crippen molar-refractivity contribution < 1.29 is 9.53 Å². The lowest BCUT2D eigenvalue weighted by Gasteiger charge is -2.31. The molecule has 2 aliphatic heterocycles. The summed E-state index contributed by atoms with van der Waals surface area (Å²) in [5.74, 6) is 0.478. The molecule has 0 aliphatic carbocycles. The van der Waals surface area contributed by atoms with Crippen LogP contribution in [0.4, 0.5) is 10.6 Å². The van der Waals surface area contributed by atoms with Crippen LogP contribution in [0.5, 0.6) is 0 Å². The molecule has 0 spiro atoms. The number of likely N-dealkylation sites (tertiary alicyclic amines) is 1. The zero-order valence-corrected chi connectivity index (χ0v) is 10.6. The molecule has 2 amide bonds. The second-order valence-corrected chi connectivity index (χ2v) is 5.09. The average Bonchev–Trinajstić information content (AvgIpc) is 2.68. The first-order chi connectivity index (χ1) is 8.70. The monoisotopic (exact) mass is 267 g/mol. The van der Waals surface area contributed by atoms with Gasteiger partial charge in [0, 0.05) is 24.3 Å². The van der Waals surface area contributed by atoms with Crippen molar-refractivity contribution in [2.45, 2.75) is 25.0 Å². The Labute approximate surface area is 110 Å². The van der Waals surface area contributed by atoms with Crippen molar-refractivity contribution in [1.82, 2.24) is 9.88 Å². The Morgan fingerprint density at radius 2 is 2.17 bits per heavy atom. The SMILES string of the molecule is O=C(Nc1cc(Cl)ccn1)N1CC2CCC(C1)O2. The Morgan fingerprint density at radius 1 is 1.44 bits per heavy atom. The number of urea groups is 1. The van der Waals surface area contributed by atoms with Gasteiger partial charge in [-0.25, -0.2) is 9.78 Å². The van der Waals surface area contributed by atoms with Gasteiger partial charge in [-0.15, -0.1) is 0 Å². The first-order valence-corrected chi connectivity index (χ1v) is 6.41. The second-order valence-electron chi connectivity index (χ2n) is 4.65. The average molecular weight is 268 g/mol. The predicted molar refractivity (Wildman–Crippen MR) is 67.7 cm³/mol. The molecular formula is C12H14ClN3O2. The Bertz CT molecular complexity index is 456. The summed E-state index contributed by atoms with van der Waals surface area (Å²) >= 11 is 5.85. The number of ether oxygens (including phenoxy) is 1. The first-order valence-electron chi connectivity index (χ1n) is 6.03. The summed E-state index contributed by atoms with van der Waals surface area (Å²) in [7, 11) is 0. The molecular weight excluding hydrogens is 254 g/mol. The number of carbonyl (C=O) groups is 1. The van der Waals surface area contributed by atoms with Gasteiger partial charge in [0.15, 0.2) is 0 Å². The fraction of sp³-hybridized carbons (Fsp3) is 0.500. The number of aromatic nitrogens is 1. The lowest BCUT2D eigenvalue weighted by Crippen LogP contribution is -2.47. The number of nitrogens with one attached hydrogen (secondary N) is 1. The molecule has 0 aromatic carbocycles. The van der Waals surface area contributed by atoms with Crippen LogP contribution in [0, 0.1) is 0 Å². The number of halogens is 1. The third-order valence-corrected chi connectivity index (χ3v) is 3.52. The molecule has 2 fully saturated rings. The highest BCUT2D eigenvalue weighted by Crippen LogP contribution is 2.26. The molecule has 0 saturated carbocycles. The van der Waals surface area contributed by atoms with E-state index in [9.17, 15) is 4.79 Å². The van der Waals surface area contributed by atoms with Gasteiger partial charge in [0.05, 0.1) is 12.2 Å². The van der Waals surface area contributed by atoms with E-state index in [0.29, 0.717) is 23.9 Å². The van der Waals surface area contributed by atoms with Crippen molar-refractivity contribution >= 4 is 23.4 Å². The van der Waals surface area contributed by atoms with E-state index in [-0.39, 0.29) is 18.2 Å². The molecule has 96 valence electrons. The standard InChI is InChI=1S/C12H14ClN3O2/c13-8-3-4-14-11(5-8)15-12(17)16-6-9-1-2-10(7-16)18-9/h3-5,9-10H,1-2,6-7H2,(H,14,15,17). The normalized spacial score (nSPS) is 26.2. The number of hydrogen-bond donors (Lipinski definition) is 1. The molecule has 1 aromatic rings. The summed E-state index contributed by atoms with van der Waals surface area (Å²) in [6, 6.07) is 3.17. The number of pyridine rings is 1. The molecule has 18 heavy (non-hydrogen) atoms. The maximum absolute atomic E-state index is 12.1. The van der Waals surface area contributed by atoms with Crippen LogP contribution in [-0.2, 0) is 4.74 Å². The van der Waals surface area contributed by atoms with E-state index in [0.717, 1.165) is 12.8 Å². The Kier molecular flexibility index (Phi) is 3.09. The molecule has 2 bridgehead atoms. The van der Waals surface area contributed by atoms with Crippen molar-refractivity contribution in [1.29, 1.82) is 0 Å². The van der Waals surface area contributed by atoms with Crippen LogP contribution in [0.3, 0.4) is 0 Å². The Morgan fingerprint density at radius 3 is 2.83 bits per heavy atom. The zero-order valence-electron chi connectivity index (χ0n) is 9.80. The van der Waals surface area contributed by atoms with Crippen LogP contribution in [0.2, 0.25) is 5.02 Å². The fourth-order valence-corrected chi connectivity index (χ4v) is 2.60. The van der Waals surface area contributed by atoms with E-state index in [1.807, 2.05) is 0 Å². The second kappa shape index (κ2) is 4.74. The zero-order chi connectivity index (χ0) is 12.5. The summed E-state index contributed by atoms with van der Waals surface area (Å²) in [6.45, 7) is 1.31. The molecule has 2 atom stereocenters. The minimum absolute atomic E-state index is 0.134. The Hall–Kier alpha value is -1.33. The number of nitrogens with zero attached hydrogens (tertiary/aromatic N) is 2. The van der Waals surface area contributed by atoms with Gasteiger partial charge in [0.25, 0.3) is 0 Å². The minimum Gasteiger partial charge on any atom is -0.371 e. The lowest BCUT2D eigenvalue weighted by molar-refractivity contribution is -0.0219. The van der Waals surface area contributed by atoms with E-state index in [2.05, 4.69) is 10.3 Å². The minimum atomic E-state index is -0.134. The smallest absolute Gasteiger partial charge is 0.323 e. The number of amides is 2. The number of morpholine rings is 1. The molecule has 1 N–H and O–H groups in total. The van der Waals surface area contributed by atoms with Crippen LogP contribution < -0.4 is 5.32 Å². The van der Waals surface area contributed by atoms with Gasteiger partial charge in [-0.2, -0.15) is 0 Å². The van der Waals surface area contributed by atoms with E-state index in [4.69, 9.17) is 16.3 Å². The summed E-state index contributed by atoms with van der Waals surface area (Å²) < 4.78 is 5.69. The van der Waals surface area contributed by atoms with E-state index in [1.54, 1.807) is 23.2 Å². The molecule has 5 nitrogen and oxygen atoms in total. The van der Waals surface area contributed by atoms with Gasteiger partial charge >= 0.3 is 6.03 Å². The highest BCUT2D eigenvalue weighted by Gasteiger charge is 2.35. The van der Waals surface area contributed by atoms with Gasteiger partial charge in [-0.1, -0.05) is 11.6 Å². The van der Waals surface area contributed by atoms with Gasteiger partial charge in [-0.05, 0) is 25.0 Å². The molecule has 2 saturated heterocycles. The van der Waals surface area contributed by atoms with Crippen LogP contribution in [-0.4, -0.2) is 41.2 Å². The van der Waals surface area contributed by atoms with Crippen molar-refractivity contribution in [2.24, 2.45) is 0 Å². The molecule has 3 heterocycles. The summed E-state index contributed by atoms with van der Waals surface area (Å²) in [4.78, 5) is 17.9. The van der Waals surface area contributed by atoms with E-state index < -0.39 is 0 Å². The molecule has 6 heteroatoms. The van der Waals surface area contributed by atoms with Crippen molar-refractivity contribution in [3.05, 3.63) is 23.4 Å². The molecule has 2 unspecified atom stereocenters. The van der Waals surface area contributed by atoms with Crippen LogP contribution in [0.25, 0.3) is 0 Å². The maximum Gasteiger partial charge on any atom is 0.323 e. The third-order valence-electron chi connectivity index (χ3n) is 3.29. The predicted octanol–water partition coefficient (Wildman–Crippen LogP) is 2.13. The number of hydrogen-bond acceptors (Lipinski definition) is 3. The van der Waals surface area contributed by atoms with Gasteiger partial charge in [-0.3, -0.25) is 5.32 Å². The Balaban J connectivity index is 1.65. The van der Waals surface area contributed by atoms with Gasteiger partial charge in [0.1, 0.15) is 5.82 Å². The third kappa shape index (κ3) is 2.42. The number of carbonyl (C=O) groups excluding carboxylic acids is 1. The maximum atomic E-state index is 12.1. The van der Waals surface area contributed by atoms with Crippen molar-refractivity contribution in [2.75, 3.05) is 18.4 Å². The summed E-state index contributed by atoms with van der Waals surface area (Å²) in [5.41, 5.74) is 0. The van der Waals surface area contributed by atoms with E-state index >= 15 is 0 Å². The quantitative estimate of drug-likeness (QED) is 0.848. The number of fused-ring (bicyclic) bond motifs is 2. The number of rotatable bonds is 1. The summed E-state index contributed by atoms with van der Waals surface area (Å²) in [5, 5.41) is 3.31. The highest BCUT2D eigenvalue weighted by molar-refractivity contribution is 6.30. The molecule has 2 aliphatic rings. The van der Waals surface area contributed by atoms with Crippen LogP contribution in [0.1, 0.15) is 12.8 Å². The first kappa shape index (κ1) is 11.7. The van der Waals surface area contributed by atoms with Crippen LogP contribution in [0.15, 0.2) is 18.3 Å². The van der Waals surface area contributed by atoms with Crippen molar-refractivity contribution in [3.63, 3.8) is 0 Å². The summed E-state index contributed by atoms with van der Waals surface area (Å²) in [6.07, 6.45) is 4.05. The topological polar surface area (TPSA) is 54.5 Å². The lowest BCUT2D eigenvalue weighted by atomic mass is 10.2. The molecule has 1 aromatic heterocycles. The van der Waals surface area contributed by atoms with Crippen LogP contribution >= 0.6 is 11.6 Å². The van der Waals surface area contributed by atoms with Crippen molar-refractivity contribution in [3.8, 4) is 0 Å². The van der Waals surface area contributed by atoms with Gasteiger partial charge < -0.3 is 9.64 Å². The van der Waals surface area contributed by atoms with Gasteiger partial charge in [0.2, 0.25) is 0 Å².